The molecule has 0 spiro atoms. The molecular weight excluding hydrogens is 246 g/mol. The maximum Gasteiger partial charge on any atom is 0.119 e. The molecule has 1 atom stereocenters. The van der Waals surface area contributed by atoms with Crippen LogP contribution in [0, 0.1) is 5.92 Å². The summed E-state index contributed by atoms with van der Waals surface area (Å²) in [5, 5.41) is 3.37. The summed E-state index contributed by atoms with van der Waals surface area (Å²) in [6.45, 7) is 3.04. The first kappa shape index (κ1) is 13.2. The molecule has 0 aliphatic carbocycles. The molecule has 1 N–H and O–H groups in total. The highest BCUT2D eigenvalue weighted by Gasteiger charge is 2.14. The molecule has 1 aliphatic rings. The summed E-state index contributed by atoms with van der Waals surface area (Å²) in [4.78, 5) is 0. The van der Waals surface area contributed by atoms with Crippen molar-refractivity contribution in [3.63, 3.8) is 0 Å². The first-order valence-corrected chi connectivity index (χ1v) is 7.36. The smallest absolute Gasteiger partial charge is 0.119 e. The van der Waals surface area contributed by atoms with Gasteiger partial charge in [-0.05, 0) is 42.6 Å². The molecule has 0 saturated carbocycles. The summed E-state index contributed by atoms with van der Waals surface area (Å²) < 4.78 is 5.86. The van der Waals surface area contributed by atoms with Crippen molar-refractivity contribution in [1.82, 2.24) is 5.32 Å². The Bertz CT molecular complexity index is 515. The molecule has 0 aromatic heterocycles. The zero-order chi connectivity index (χ0) is 13.6. The van der Waals surface area contributed by atoms with Crippen LogP contribution in [-0.4, -0.2) is 19.7 Å². The second kappa shape index (κ2) is 6.58. The van der Waals surface area contributed by atoms with Crippen molar-refractivity contribution in [2.24, 2.45) is 5.92 Å². The monoisotopic (exact) mass is 267 g/mol. The lowest BCUT2D eigenvalue weighted by Crippen LogP contribution is -2.15. The standard InChI is InChI=1S/C18H21NO/c1-2-4-15(5-3-1)12-16-6-8-18(9-7-16)20-14-17-10-11-19-13-17/h1-9,17,19H,10-14H2/t17-/m0/s1. The minimum Gasteiger partial charge on any atom is -0.493 e. The Morgan fingerprint density at radius 1 is 0.950 bits per heavy atom. The molecule has 2 aromatic carbocycles. The van der Waals surface area contributed by atoms with Gasteiger partial charge in [-0.25, -0.2) is 0 Å². The minimum atomic E-state index is 0.666. The van der Waals surface area contributed by atoms with Gasteiger partial charge in [0.2, 0.25) is 0 Å². The molecule has 1 heterocycles. The van der Waals surface area contributed by atoms with Crippen LogP contribution in [0.25, 0.3) is 0 Å². The van der Waals surface area contributed by atoms with Gasteiger partial charge in [0.1, 0.15) is 5.75 Å². The van der Waals surface area contributed by atoms with E-state index in [4.69, 9.17) is 4.74 Å². The van der Waals surface area contributed by atoms with Crippen LogP contribution < -0.4 is 10.1 Å². The van der Waals surface area contributed by atoms with E-state index in [-0.39, 0.29) is 0 Å². The summed E-state index contributed by atoms with van der Waals surface area (Å²) in [7, 11) is 0. The minimum absolute atomic E-state index is 0.666. The van der Waals surface area contributed by atoms with Crippen molar-refractivity contribution in [2.75, 3.05) is 19.7 Å². The molecule has 0 amide bonds. The van der Waals surface area contributed by atoms with Crippen LogP contribution in [0.2, 0.25) is 0 Å². The first-order chi connectivity index (χ1) is 9.90. The lowest BCUT2D eigenvalue weighted by atomic mass is 10.1. The van der Waals surface area contributed by atoms with Gasteiger partial charge in [0.15, 0.2) is 0 Å². The highest BCUT2D eigenvalue weighted by Crippen LogP contribution is 2.17. The Morgan fingerprint density at radius 2 is 1.70 bits per heavy atom. The Balaban J connectivity index is 1.54. The fourth-order valence-electron chi connectivity index (χ4n) is 2.61. The van der Waals surface area contributed by atoms with Gasteiger partial charge in [0.25, 0.3) is 0 Å². The van der Waals surface area contributed by atoms with E-state index in [0.29, 0.717) is 5.92 Å². The third-order valence-corrected chi connectivity index (χ3v) is 3.82. The van der Waals surface area contributed by atoms with Crippen LogP contribution in [0.4, 0.5) is 0 Å². The Kier molecular flexibility index (Phi) is 4.34. The summed E-state index contributed by atoms with van der Waals surface area (Å²) in [5.74, 6) is 1.65. The van der Waals surface area contributed by atoms with Crippen molar-refractivity contribution < 1.29 is 4.74 Å². The van der Waals surface area contributed by atoms with Crippen LogP contribution in [0.15, 0.2) is 54.6 Å². The van der Waals surface area contributed by atoms with Gasteiger partial charge in [-0.15, -0.1) is 0 Å². The van der Waals surface area contributed by atoms with Crippen LogP contribution >= 0.6 is 0 Å². The van der Waals surface area contributed by atoms with Crippen LogP contribution in [0.3, 0.4) is 0 Å². The molecule has 0 bridgehead atoms. The zero-order valence-electron chi connectivity index (χ0n) is 11.7. The molecule has 1 fully saturated rings. The lowest BCUT2D eigenvalue weighted by Gasteiger charge is -2.11. The van der Waals surface area contributed by atoms with Crippen molar-refractivity contribution in [2.45, 2.75) is 12.8 Å². The molecule has 3 rings (SSSR count). The van der Waals surface area contributed by atoms with Gasteiger partial charge >= 0.3 is 0 Å². The quantitative estimate of drug-likeness (QED) is 0.897. The molecule has 0 unspecified atom stereocenters. The summed E-state index contributed by atoms with van der Waals surface area (Å²) in [5.41, 5.74) is 2.67. The Labute approximate surface area is 120 Å². The van der Waals surface area contributed by atoms with Gasteiger partial charge in [-0.2, -0.15) is 0 Å². The van der Waals surface area contributed by atoms with Crippen molar-refractivity contribution in [1.29, 1.82) is 0 Å². The fraction of sp³-hybridized carbons (Fsp3) is 0.333. The molecular formula is C18H21NO. The van der Waals surface area contributed by atoms with Gasteiger partial charge in [0, 0.05) is 12.5 Å². The summed E-state index contributed by atoms with van der Waals surface area (Å²) >= 11 is 0. The highest BCUT2D eigenvalue weighted by atomic mass is 16.5. The third kappa shape index (κ3) is 3.61. The van der Waals surface area contributed by atoms with Crippen LogP contribution in [0.1, 0.15) is 17.5 Å². The Morgan fingerprint density at radius 3 is 2.40 bits per heavy atom. The van der Waals surface area contributed by atoms with E-state index in [0.717, 1.165) is 31.9 Å². The number of nitrogens with one attached hydrogen (secondary N) is 1. The molecule has 104 valence electrons. The Hall–Kier alpha value is -1.80. The molecule has 2 nitrogen and oxygen atoms in total. The van der Waals surface area contributed by atoms with Crippen LogP contribution in [-0.2, 0) is 6.42 Å². The van der Waals surface area contributed by atoms with Crippen LogP contribution in [0.5, 0.6) is 5.75 Å². The molecule has 2 aromatic rings. The van der Waals surface area contributed by atoms with Crippen molar-refractivity contribution in [3.05, 3.63) is 65.7 Å². The van der Waals surface area contributed by atoms with Gasteiger partial charge in [-0.1, -0.05) is 42.5 Å². The SMILES string of the molecule is c1ccc(Cc2ccc(OC[C@H]3CCNC3)cc2)cc1. The third-order valence-electron chi connectivity index (χ3n) is 3.82. The van der Waals surface area contributed by atoms with E-state index >= 15 is 0 Å². The maximum atomic E-state index is 5.86. The molecule has 1 aliphatic heterocycles. The highest BCUT2D eigenvalue weighted by molar-refractivity contribution is 5.31. The molecule has 0 radical (unpaired) electrons. The van der Waals surface area contributed by atoms with Gasteiger partial charge < -0.3 is 10.1 Å². The predicted molar refractivity (Wildman–Crippen MR) is 82.2 cm³/mol. The number of ether oxygens (including phenoxy) is 1. The zero-order valence-corrected chi connectivity index (χ0v) is 11.7. The normalized spacial score (nSPS) is 18.1. The summed E-state index contributed by atoms with van der Waals surface area (Å²) in [6, 6.07) is 19.0. The number of rotatable bonds is 5. The van der Waals surface area contributed by atoms with E-state index in [1.165, 1.54) is 17.5 Å². The van der Waals surface area contributed by atoms with Crippen molar-refractivity contribution >= 4 is 0 Å². The lowest BCUT2D eigenvalue weighted by molar-refractivity contribution is 0.260. The summed E-state index contributed by atoms with van der Waals surface area (Å²) in [6.07, 6.45) is 2.21. The second-order valence-corrected chi connectivity index (χ2v) is 5.48. The number of hydrogen-bond donors (Lipinski definition) is 1. The second-order valence-electron chi connectivity index (χ2n) is 5.48. The van der Waals surface area contributed by atoms with E-state index in [2.05, 4.69) is 59.9 Å². The average Bonchev–Trinajstić information content (AvgIpc) is 3.01. The first-order valence-electron chi connectivity index (χ1n) is 7.36. The predicted octanol–water partition coefficient (Wildman–Crippen LogP) is 3.27. The fourth-order valence-corrected chi connectivity index (χ4v) is 2.61. The molecule has 20 heavy (non-hydrogen) atoms. The van der Waals surface area contributed by atoms with E-state index in [1.807, 2.05) is 0 Å². The molecule has 1 saturated heterocycles. The van der Waals surface area contributed by atoms with Crippen molar-refractivity contribution in [3.8, 4) is 5.75 Å². The number of hydrogen-bond acceptors (Lipinski definition) is 2. The average molecular weight is 267 g/mol. The number of benzene rings is 2. The molecule has 2 heteroatoms. The van der Waals surface area contributed by atoms with Gasteiger partial charge in [-0.3, -0.25) is 0 Å². The van der Waals surface area contributed by atoms with E-state index in [1.54, 1.807) is 0 Å². The largest absolute Gasteiger partial charge is 0.493 e. The van der Waals surface area contributed by atoms with E-state index in [9.17, 15) is 0 Å². The van der Waals surface area contributed by atoms with Gasteiger partial charge in [0.05, 0.1) is 6.61 Å². The van der Waals surface area contributed by atoms with E-state index < -0.39 is 0 Å². The topological polar surface area (TPSA) is 21.3 Å². The maximum absolute atomic E-state index is 5.86.